The molecule has 0 bridgehead atoms. The van der Waals surface area contributed by atoms with Crippen LogP contribution in [0.2, 0.25) is 0 Å². The van der Waals surface area contributed by atoms with Gasteiger partial charge < -0.3 is 10.1 Å². The maximum absolute atomic E-state index is 11.6. The predicted octanol–water partition coefficient (Wildman–Crippen LogP) is 2.03. The summed E-state index contributed by atoms with van der Waals surface area (Å²) in [5.74, 6) is 0.358. The highest BCUT2D eigenvalue weighted by molar-refractivity contribution is 5.69. The molecule has 0 saturated carbocycles. The number of nitro groups is 1. The van der Waals surface area contributed by atoms with E-state index in [1.54, 1.807) is 12.1 Å². The second kappa shape index (κ2) is 7.00. The van der Waals surface area contributed by atoms with E-state index in [2.05, 4.69) is 5.32 Å². The number of carbonyl (C=O) groups is 1. The molecule has 1 heterocycles. The predicted molar refractivity (Wildman–Crippen MR) is 73.1 cm³/mol. The zero-order chi connectivity index (χ0) is 14.4. The Morgan fingerprint density at radius 2 is 2.15 bits per heavy atom. The van der Waals surface area contributed by atoms with E-state index in [0.29, 0.717) is 12.3 Å². The molecule has 108 valence electrons. The number of esters is 1. The molecule has 20 heavy (non-hydrogen) atoms. The number of hydrogen-bond acceptors (Lipinski definition) is 5. The van der Waals surface area contributed by atoms with Crippen LogP contribution >= 0.6 is 0 Å². The maximum atomic E-state index is 11.6. The van der Waals surface area contributed by atoms with Crippen LogP contribution in [0.5, 0.6) is 0 Å². The van der Waals surface area contributed by atoms with E-state index >= 15 is 0 Å². The average Bonchev–Trinajstić information content (AvgIpc) is 2.96. The molecule has 1 aromatic carbocycles. The minimum Gasteiger partial charge on any atom is -0.461 e. The Bertz CT molecular complexity index is 467. The maximum Gasteiger partial charge on any atom is 0.306 e. The number of ether oxygens (including phenoxy) is 1. The van der Waals surface area contributed by atoms with Crippen molar-refractivity contribution >= 4 is 11.7 Å². The molecular formula is C14H18N2O4. The largest absolute Gasteiger partial charge is 0.461 e. The van der Waals surface area contributed by atoms with E-state index < -0.39 is 4.92 Å². The van der Waals surface area contributed by atoms with Crippen molar-refractivity contribution in [3.8, 4) is 0 Å². The van der Waals surface area contributed by atoms with E-state index in [9.17, 15) is 14.9 Å². The fraction of sp³-hybridized carbons (Fsp3) is 0.500. The molecule has 1 fully saturated rings. The van der Waals surface area contributed by atoms with E-state index in [0.717, 1.165) is 31.5 Å². The van der Waals surface area contributed by atoms with E-state index in [-0.39, 0.29) is 18.3 Å². The van der Waals surface area contributed by atoms with Crippen LogP contribution in [0, 0.1) is 16.0 Å². The molecule has 0 aliphatic carbocycles. The topological polar surface area (TPSA) is 81.5 Å². The molecule has 6 heteroatoms. The smallest absolute Gasteiger partial charge is 0.306 e. The van der Waals surface area contributed by atoms with Crippen molar-refractivity contribution in [1.29, 1.82) is 0 Å². The summed E-state index contributed by atoms with van der Waals surface area (Å²) in [6.45, 7) is 2.18. The van der Waals surface area contributed by atoms with Crippen molar-refractivity contribution < 1.29 is 14.5 Å². The van der Waals surface area contributed by atoms with Crippen molar-refractivity contribution in [1.82, 2.24) is 5.32 Å². The Hall–Kier alpha value is -1.95. The number of nitrogens with zero attached hydrogens (tertiary/aromatic N) is 1. The Morgan fingerprint density at radius 3 is 2.75 bits per heavy atom. The van der Waals surface area contributed by atoms with Crippen molar-refractivity contribution in [2.24, 2.45) is 5.92 Å². The van der Waals surface area contributed by atoms with Crippen LogP contribution in [-0.4, -0.2) is 24.0 Å². The minimum atomic E-state index is -0.453. The summed E-state index contributed by atoms with van der Waals surface area (Å²) >= 11 is 0. The molecule has 1 aliphatic rings. The molecule has 1 aromatic rings. The van der Waals surface area contributed by atoms with Gasteiger partial charge in [-0.05, 0) is 49.5 Å². The highest BCUT2D eigenvalue weighted by Crippen LogP contribution is 2.16. The summed E-state index contributed by atoms with van der Waals surface area (Å²) in [6, 6.07) is 6.03. The molecular weight excluding hydrogens is 260 g/mol. The van der Waals surface area contributed by atoms with Crippen molar-refractivity contribution in [2.45, 2.75) is 25.9 Å². The van der Waals surface area contributed by atoms with E-state index in [1.165, 1.54) is 12.1 Å². The van der Waals surface area contributed by atoms with Crippen LogP contribution < -0.4 is 5.32 Å². The first kappa shape index (κ1) is 14.5. The van der Waals surface area contributed by atoms with E-state index in [4.69, 9.17) is 4.74 Å². The zero-order valence-corrected chi connectivity index (χ0v) is 11.2. The van der Waals surface area contributed by atoms with Crippen LogP contribution in [0.4, 0.5) is 5.69 Å². The molecule has 0 spiro atoms. The molecule has 0 aromatic heterocycles. The summed E-state index contributed by atoms with van der Waals surface area (Å²) in [4.78, 5) is 21.6. The summed E-state index contributed by atoms with van der Waals surface area (Å²) in [5.41, 5.74) is 0.792. The highest BCUT2D eigenvalue weighted by atomic mass is 16.6. The SMILES string of the molecule is O=C(CCC1CCNC1)OCc1ccc([N+](=O)[O-])cc1. The van der Waals surface area contributed by atoms with E-state index in [1.807, 2.05) is 0 Å². The number of carbonyl (C=O) groups excluding carboxylic acids is 1. The molecule has 0 amide bonds. The molecule has 1 N–H and O–H groups in total. The van der Waals surface area contributed by atoms with Gasteiger partial charge in [0.2, 0.25) is 0 Å². The van der Waals surface area contributed by atoms with Crippen molar-refractivity contribution in [3.63, 3.8) is 0 Å². The second-order valence-electron chi connectivity index (χ2n) is 4.98. The zero-order valence-electron chi connectivity index (χ0n) is 11.2. The first-order chi connectivity index (χ1) is 9.65. The number of non-ortho nitro benzene ring substituents is 1. The third-order valence-electron chi connectivity index (χ3n) is 3.47. The lowest BCUT2D eigenvalue weighted by Gasteiger charge is -2.08. The van der Waals surface area contributed by atoms with Gasteiger partial charge in [-0.15, -0.1) is 0 Å². The molecule has 1 saturated heterocycles. The van der Waals surface area contributed by atoms with Gasteiger partial charge in [-0.25, -0.2) is 0 Å². The van der Waals surface area contributed by atoms with Gasteiger partial charge in [0.25, 0.3) is 5.69 Å². The molecule has 2 rings (SSSR count). The van der Waals surface area contributed by atoms with Crippen LogP contribution in [-0.2, 0) is 16.1 Å². The lowest BCUT2D eigenvalue weighted by Crippen LogP contribution is -2.11. The number of rotatable bonds is 6. The molecule has 1 aliphatic heterocycles. The van der Waals surface area contributed by atoms with Crippen LogP contribution in [0.25, 0.3) is 0 Å². The Morgan fingerprint density at radius 1 is 1.40 bits per heavy atom. The van der Waals surface area contributed by atoms with Crippen molar-refractivity contribution in [3.05, 3.63) is 39.9 Å². The first-order valence-corrected chi connectivity index (χ1v) is 6.75. The first-order valence-electron chi connectivity index (χ1n) is 6.75. The van der Waals surface area contributed by atoms with Gasteiger partial charge >= 0.3 is 5.97 Å². The Labute approximate surface area is 117 Å². The third kappa shape index (κ3) is 4.31. The third-order valence-corrected chi connectivity index (χ3v) is 3.47. The average molecular weight is 278 g/mol. The summed E-state index contributed by atoms with van der Waals surface area (Å²) in [7, 11) is 0. The minimum absolute atomic E-state index is 0.0359. The second-order valence-corrected chi connectivity index (χ2v) is 4.98. The Kier molecular flexibility index (Phi) is 5.06. The van der Waals surface area contributed by atoms with Gasteiger partial charge in [0.05, 0.1) is 4.92 Å². The lowest BCUT2D eigenvalue weighted by molar-refractivity contribution is -0.384. The van der Waals surface area contributed by atoms with Gasteiger partial charge in [-0.3, -0.25) is 14.9 Å². The quantitative estimate of drug-likeness (QED) is 0.489. The highest BCUT2D eigenvalue weighted by Gasteiger charge is 2.16. The fourth-order valence-electron chi connectivity index (χ4n) is 2.23. The monoisotopic (exact) mass is 278 g/mol. The van der Waals surface area contributed by atoms with Gasteiger partial charge in [-0.2, -0.15) is 0 Å². The van der Waals surface area contributed by atoms with Gasteiger partial charge in [0.15, 0.2) is 0 Å². The molecule has 6 nitrogen and oxygen atoms in total. The standard InChI is InChI=1S/C14H18N2O4/c17-14(6-3-11-7-8-15-9-11)20-10-12-1-4-13(5-2-12)16(18)19/h1-2,4-5,11,15H,3,6-10H2. The van der Waals surface area contributed by atoms with Crippen LogP contribution in [0.1, 0.15) is 24.8 Å². The summed E-state index contributed by atoms with van der Waals surface area (Å²) < 4.78 is 5.16. The van der Waals surface area contributed by atoms with Gasteiger partial charge in [-0.1, -0.05) is 0 Å². The number of hydrogen-bond donors (Lipinski definition) is 1. The van der Waals surface area contributed by atoms with Gasteiger partial charge in [0, 0.05) is 18.6 Å². The summed E-state index contributed by atoms with van der Waals surface area (Å²) in [5, 5.41) is 13.8. The van der Waals surface area contributed by atoms with Crippen molar-refractivity contribution in [2.75, 3.05) is 13.1 Å². The number of nitro benzene ring substituents is 1. The number of nitrogens with one attached hydrogen (secondary N) is 1. The Balaban J connectivity index is 1.70. The molecule has 1 unspecified atom stereocenters. The van der Waals surface area contributed by atoms with Crippen LogP contribution in [0.3, 0.4) is 0 Å². The molecule has 1 atom stereocenters. The normalized spacial score (nSPS) is 17.9. The summed E-state index contributed by atoms with van der Waals surface area (Å²) in [6.07, 6.45) is 2.40. The lowest BCUT2D eigenvalue weighted by atomic mass is 10.0. The fourth-order valence-corrected chi connectivity index (χ4v) is 2.23. The van der Waals surface area contributed by atoms with Crippen LogP contribution in [0.15, 0.2) is 24.3 Å². The number of benzene rings is 1. The van der Waals surface area contributed by atoms with Gasteiger partial charge in [0.1, 0.15) is 6.61 Å². The molecule has 0 radical (unpaired) electrons.